The van der Waals surface area contributed by atoms with Gasteiger partial charge in [0.1, 0.15) is 5.92 Å². The van der Waals surface area contributed by atoms with E-state index in [9.17, 15) is 19.7 Å². The maximum atomic E-state index is 13.5. The molecule has 0 bridgehead atoms. The van der Waals surface area contributed by atoms with Crippen molar-refractivity contribution in [1.29, 1.82) is 0 Å². The molecule has 2 aliphatic heterocycles. The Balaban J connectivity index is 1.58. The van der Waals surface area contributed by atoms with E-state index in [0.29, 0.717) is 11.4 Å². The Kier molecular flexibility index (Phi) is 4.71. The number of hydrogen-bond donors (Lipinski definition) is 0. The normalized spacial score (nSPS) is 22.3. The first kappa shape index (κ1) is 19.9. The molecule has 5 rings (SSSR count). The Labute approximate surface area is 183 Å². The fourth-order valence-corrected chi connectivity index (χ4v) is 4.32. The van der Waals surface area contributed by atoms with E-state index in [1.165, 1.54) is 22.1 Å². The van der Waals surface area contributed by atoms with E-state index < -0.39 is 28.9 Å². The van der Waals surface area contributed by atoms with Gasteiger partial charge in [-0.2, -0.15) is 0 Å². The second kappa shape index (κ2) is 7.58. The number of amides is 2. The highest BCUT2D eigenvalue weighted by atomic mass is 16.7. The molecule has 3 aromatic rings. The van der Waals surface area contributed by atoms with Crippen LogP contribution in [0.2, 0.25) is 0 Å². The number of benzene rings is 3. The summed E-state index contributed by atoms with van der Waals surface area (Å²) in [4.78, 5) is 44.8. The van der Waals surface area contributed by atoms with E-state index in [1.54, 1.807) is 24.3 Å². The van der Waals surface area contributed by atoms with Gasteiger partial charge in [0, 0.05) is 12.1 Å². The maximum absolute atomic E-state index is 13.5. The number of anilines is 2. The van der Waals surface area contributed by atoms with Crippen molar-refractivity contribution in [2.75, 3.05) is 9.96 Å². The van der Waals surface area contributed by atoms with Crippen LogP contribution in [-0.2, 0) is 14.4 Å². The zero-order valence-electron chi connectivity index (χ0n) is 17.1. The Hall–Kier alpha value is -4.04. The number of hydrogen-bond acceptors (Lipinski definition) is 6. The number of aryl methyl sites for hydroxylation is 1. The number of nitro groups is 1. The molecule has 2 amide bonds. The first-order valence-electron chi connectivity index (χ1n) is 10.2. The number of carbonyl (C=O) groups excluding carboxylic acids is 2. The number of imide groups is 1. The van der Waals surface area contributed by atoms with Crippen LogP contribution in [0.4, 0.5) is 17.1 Å². The molecule has 3 aromatic carbocycles. The number of non-ortho nitro benzene ring substituents is 1. The Morgan fingerprint density at radius 2 is 1.59 bits per heavy atom. The van der Waals surface area contributed by atoms with Gasteiger partial charge < -0.3 is 0 Å². The molecule has 2 heterocycles. The van der Waals surface area contributed by atoms with Crippen LogP contribution >= 0.6 is 0 Å². The zero-order valence-corrected chi connectivity index (χ0v) is 17.1. The average molecular weight is 429 g/mol. The summed E-state index contributed by atoms with van der Waals surface area (Å²) in [5.41, 5.74) is 2.60. The molecular weight excluding hydrogens is 410 g/mol. The summed E-state index contributed by atoms with van der Waals surface area (Å²) >= 11 is 0. The molecule has 0 radical (unpaired) electrons. The Morgan fingerprint density at radius 1 is 0.875 bits per heavy atom. The topological polar surface area (TPSA) is 93.0 Å². The van der Waals surface area contributed by atoms with E-state index >= 15 is 0 Å². The number of nitrogens with zero attached hydrogens (tertiary/aromatic N) is 3. The van der Waals surface area contributed by atoms with Gasteiger partial charge in [0.05, 0.1) is 22.3 Å². The van der Waals surface area contributed by atoms with Gasteiger partial charge in [-0.05, 0) is 30.7 Å². The number of carbonyl (C=O) groups is 2. The molecule has 0 unspecified atom stereocenters. The van der Waals surface area contributed by atoms with Crippen molar-refractivity contribution in [2.24, 2.45) is 5.92 Å². The predicted molar refractivity (Wildman–Crippen MR) is 117 cm³/mol. The van der Waals surface area contributed by atoms with E-state index in [4.69, 9.17) is 4.84 Å². The third-order valence-electron chi connectivity index (χ3n) is 5.84. The molecule has 32 heavy (non-hydrogen) atoms. The first-order chi connectivity index (χ1) is 15.5. The zero-order chi connectivity index (χ0) is 22.4. The molecule has 8 nitrogen and oxygen atoms in total. The summed E-state index contributed by atoms with van der Waals surface area (Å²) in [5, 5.41) is 12.7. The molecule has 160 valence electrons. The fourth-order valence-electron chi connectivity index (χ4n) is 4.32. The van der Waals surface area contributed by atoms with Gasteiger partial charge >= 0.3 is 0 Å². The monoisotopic (exact) mass is 429 g/mol. The Morgan fingerprint density at radius 3 is 2.28 bits per heavy atom. The van der Waals surface area contributed by atoms with Crippen LogP contribution in [0.1, 0.15) is 17.2 Å². The average Bonchev–Trinajstić information content (AvgIpc) is 3.31. The molecule has 0 N–H and O–H groups in total. The number of rotatable bonds is 4. The van der Waals surface area contributed by atoms with Crippen LogP contribution in [0.5, 0.6) is 0 Å². The summed E-state index contributed by atoms with van der Waals surface area (Å²) in [6.07, 6.45) is -1.02. The van der Waals surface area contributed by atoms with Gasteiger partial charge in [-0.3, -0.25) is 24.5 Å². The lowest BCUT2D eigenvalue weighted by atomic mass is 9.90. The van der Waals surface area contributed by atoms with E-state index in [1.807, 2.05) is 49.4 Å². The largest absolute Gasteiger partial charge is 0.273 e. The molecule has 0 aromatic heterocycles. The van der Waals surface area contributed by atoms with Crippen LogP contribution in [0.15, 0.2) is 78.9 Å². The summed E-state index contributed by atoms with van der Waals surface area (Å²) in [6.45, 7) is 1.93. The molecule has 0 saturated carbocycles. The molecule has 3 atom stereocenters. The lowest BCUT2D eigenvalue weighted by molar-refractivity contribution is -0.384. The maximum Gasteiger partial charge on any atom is 0.271 e. The summed E-state index contributed by atoms with van der Waals surface area (Å²) in [6, 6.07) is 21.8. The molecule has 2 saturated heterocycles. The van der Waals surface area contributed by atoms with Gasteiger partial charge in [-0.1, -0.05) is 54.1 Å². The predicted octanol–water partition coefficient (Wildman–Crippen LogP) is 3.95. The van der Waals surface area contributed by atoms with Crippen molar-refractivity contribution < 1.29 is 19.3 Å². The standard InChI is InChI=1S/C24H19N3O5/c1-15-10-12-17(13-11-15)25-23(28)20-21(16-6-3-2-4-7-16)26(32-22(20)24(25)29)18-8-5-9-19(14-18)27(30)31/h2-14,20-22H,1H3/t20-,21+,22-/m0/s1. The first-order valence-corrected chi connectivity index (χ1v) is 10.2. The summed E-state index contributed by atoms with van der Waals surface area (Å²) in [5.74, 6) is -1.59. The van der Waals surface area contributed by atoms with Gasteiger partial charge in [0.2, 0.25) is 5.91 Å². The molecule has 2 fully saturated rings. The summed E-state index contributed by atoms with van der Waals surface area (Å²) < 4.78 is 0. The fraction of sp³-hybridized carbons (Fsp3) is 0.167. The number of hydroxylamine groups is 1. The third-order valence-corrected chi connectivity index (χ3v) is 5.84. The van der Waals surface area contributed by atoms with E-state index in [-0.39, 0.29) is 11.6 Å². The molecule has 0 aliphatic carbocycles. The van der Waals surface area contributed by atoms with Crippen molar-refractivity contribution in [3.63, 3.8) is 0 Å². The number of fused-ring (bicyclic) bond motifs is 1. The minimum Gasteiger partial charge on any atom is -0.273 e. The van der Waals surface area contributed by atoms with Crippen LogP contribution < -0.4 is 9.96 Å². The molecule has 2 aliphatic rings. The van der Waals surface area contributed by atoms with Crippen LogP contribution in [-0.4, -0.2) is 22.8 Å². The van der Waals surface area contributed by atoms with Crippen LogP contribution in [0.25, 0.3) is 0 Å². The highest BCUT2D eigenvalue weighted by Crippen LogP contribution is 2.47. The van der Waals surface area contributed by atoms with Crippen LogP contribution in [0, 0.1) is 23.0 Å². The van der Waals surface area contributed by atoms with Crippen molar-refractivity contribution >= 4 is 28.9 Å². The minimum atomic E-state index is -1.02. The Bertz CT molecular complexity index is 1210. The van der Waals surface area contributed by atoms with Crippen molar-refractivity contribution in [1.82, 2.24) is 0 Å². The lowest BCUT2D eigenvalue weighted by Crippen LogP contribution is -2.37. The SMILES string of the molecule is Cc1ccc(N2C(=O)[C@@H]3[C@H](ON(c4cccc([N+](=O)[O-])c4)[C@@H]3c3ccccc3)C2=O)cc1. The van der Waals surface area contributed by atoms with Crippen LogP contribution in [0.3, 0.4) is 0 Å². The second-order valence-corrected chi connectivity index (χ2v) is 7.86. The molecule has 8 heteroatoms. The second-order valence-electron chi connectivity index (χ2n) is 7.86. The quantitative estimate of drug-likeness (QED) is 0.354. The highest BCUT2D eigenvalue weighted by molar-refractivity contribution is 6.23. The summed E-state index contributed by atoms with van der Waals surface area (Å²) in [7, 11) is 0. The van der Waals surface area contributed by atoms with Gasteiger partial charge in [0.25, 0.3) is 11.6 Å². The smallest absolute Gasteiger partial charge is 0.271 e. The van der Waals surface area contributed by atoms with Crippen molar-refractivity contribution in [3.05, 3.63) is 100 Å². The lowest BCUT2D eigenvalue weighted by Gasteiger charge is -2.28. The van der Waals surface area contributed by atoms with Crippen molar-refractivity contribution in [2.45, 2.75) is 19.1 Å². The molecular formula is C24H19N3O5. The third kappa shape index (κ3) is 3.12. The van der Waals surface area contributed by atoms with Gasteiger partial charge in [-0.15, -0.1) is 0 Å². The highest BCUT2D eigenvalue weighted by Gasteiger charge is 2.60. The van der Waals surface area contributed by atoms with E-state index in [0.717, 1.165) is 11.1 Å². The number of nitro benzene ring substituents is 1. The van der Waals surface area contributed by atoms with E-state index in [2.05, 4.69) is 0 Å². The van der Waals surface area contributed by atoms with Gasteiger partial charge in [0.15, 0.2) is 6.10 Å². The molecule has 0 spiro atoms. The minimum absolute atomic E-state index is 0.103. The van der Waals surface area contributed by atoms with Gasteiger partial charge in [-0.25, -0.2) is 9.96 Å². The van der Waals surface area contributed by atoms with Crippen molar-refractivity contribution in [3.8, 4) is 0 Å².